The third-order valence-electron chi connectivity index (χ3n) is 4.18. The van der Waals surface area contributed by atoms with Gasteiger partial charge in [-0.25, -0.2) is 0 Å². The first-order valence-electron chi connectivity index (χ1n) is 8.46. The Morgan fingerprint density at radius 1 is 0.857 bits per heavy atom. The van der Waals surface area contributed by atoms with E-state index in [1.165, 1.54) is 12.1 Å². The fourth-order valence-corrected chi connectivity index (χ4v) is 2.89. The predicted molar refractivity (Wildman–Crippen MR) is 109 cm³/mol. The molecule has 5 nitrogen and oxygen atoms in total. The second kappa shape index (κ2) is 8.59. The van der Waals surface area contributed by atoms with Crippen LogP contribution < -0.4 is 14.8 Å². The first-order valence-corrected chi connectivity index (χ1v) is 8.84. The van der Waals surface area contributed by atoms with Crippen LogP contribution in [-0.4, -0.2) is 25.9 Å². The van der Waals surface area contributed by atoms with Gasteiger partial charge in [0.1, 0.15) is 0 Å². The zero-order chi connectivity index (χ0) is 20.1. The van der Waals surface area contributed by atoms with E-state index >= 15 is 0 Å². The maximum atomic E-state index is 12.5. The van der Waals surface area contributed by atoms with Crippen LogP contribution in [0, 0.1) is 0 Å². The molecule has 0 atom stereocenters. The lowest BCUT2D eigenvalue weighted by atomic mass is 10.0. The number of benzene rings is 3. The van der Waals surface area contributed by atoms with Gasteiger partial charge in [-0.1, -0.05) is 35.9 Å². The summed E-state index contributed by atoms with van der Waals surface area (Å²) in [5, 5.41) is 3.19. The Morgan fingerprint density at radius 3 is 2.21 bits per heavy atom. The van der Waals surface area contributed by atoms with E-state index in [0.29, 0.717) is 22.2 Å². The Hall–Kier alpha value is -3.31. The van der Waals surface area contributed by atoms with E-state index in [4.69, 9.17) is 21.1 Å². The van der Waals surface area contributed by atoms with Gasteiger partial charge in [0.05, 0.1) is 14.2 Å². The van der Waals surface area contributed by atoms with Gasteiger partial charge in [-0.3, -0.25) is 9.59 Å². The summed E-state index contributed by atoms with van der Waals surface area (Å²) >= 11 is 5.83. The molecule has 0 bridgehead atoms. The first kappa shape index (κ1) is 19.5. The molecule has 0 aliphatic rings. The van der Waals surface area contributed by atoms with Crippen molar-refractivity contribution in [3.8, 4) is 22.6 Å². The van der Waals surface area contributed by atoms with Crippen LogP contribution in [0.15, 0.2) is 66.7 Å². The third-order valence-corrected chi connectivity index (χ3v) is 4.43. The minimum absolute atomic E-state index is 0.269. The Kier molecular flexibility index (Phi) is 5.96. The predicted octanol–water partition coefficient (Wildman–Crippen LogP) is 4.85. The molecule has 0 aromatic heterocycles. The molecule has 0 spiro atoms. The molecule has 142 valence electrons. The Bertz CT molecular complexity index is 1020. The van der Waals surface area contributed by atoms with Gasteiger partial charge in [0, 0.05) is 21.8 Å². The average Bonchev–Trinajstić information content (AvgIpc) is 2.73. The number of hydrogen-bond donors (Lipinski definition) is 1. The molecule has 0 saturated heterocycles. The number of rotatable bonds is 6. The van der Waals surface area contributed by atoms with E-state index in [9.17, 15) is 9.59 Å². The zero-order valence-corrected chi connectivity index (χ0v) is 16.1. The fourth-order valence-electron chi connectivity index (χ4n) is 2.76. The van der Waals surface area contributed by atoms with Gasteiger partial charge >= 0.3 is 0 Å². The van der Waals surface area contributed by atoms with Crippen LogP contribution in [0.2, 0.25) is 5.02 Å². The molecule has 3 aromatic carbocycles. The molecule has 6 heteroatoms. The molecule has 0 heterocycles. The van der Waals surface area contributed by atoms with Gasteiger partial charge < -0.3 is 14.8 Å². The molecule has 3 rings (SSSR count). The van der Waals surface area contributed by atoms with Crippen molar-refractivity contribution in [2.45, 2.75) is 0 Å². The number of hydrogen-bond acceptors (Lipinski definition) is 4. The lowest BCUT2D eigenvalue weighted by Gasteiger charge is -2.13. The van der Waals surface area contributed by atoms with E-state index in [0.717, 1.165) is 11.1 Å². The van der Waals surface area contributed by atoms with Gasteiger partial charge in [-0.15, -0.1) is 0 Å². The summed E-state index contributed by atoms with van der Waals surface area (Å²) in [6.45, 7) is 0. The monoisotopic (exact) mass is 395 g/mol. The summed E-state index contributed by atoms with van der Waals surface area (Å²) in [7, 11) is 3.12. The van der Waals surface area contributed by atoms with Gasteiger partial charge in [-0.2, -0.15) is 0 Å². The second-order valence-corrected chi connectivity index (χ2v) is 6.34. The number of amides is 1. The van der Waals surface area contributed by atoms with Crippen molar-refractivity contribution >= 4 is 29.0 Å². The second-order valence-electron chi connectivity index (χ2n) is 5.91. The van der Waals surface area contributed by atoms with Crippen molar-refractivity contribution in [2.24, 2.45) is 0 Å². The van der Waals surface area contributed by atoms with Crippen LogP contribution in [0.25, 0.3) is 11.1 Å². The van der Waals surface area contributed by atoms with Crippen LogP contribution in [0.5, 0.6) is 11.5 Å². The molecule has 0 radical (unpaired) electrons. The van der Waals surface area contributed by atoms with Crippen LogP contribution in [0.4, 0.5) is 5.69 Å². The number of nitrogens with one attached hydrogen (secondary N) is 1. The van der Waals surface area contributed by atoms with Gasteiger partial charge in [0.2, 0.25) is 0 Å². The number of para-hydroxylation sites is 1. The lowest BCUT2D eigenvalue weighted by molar-refractivity contribution is -0.112. The Labute approximate surface area is 167 Å². The van der Waals surface area contributed by atoms with Crippen molar-refractivity contribution in [2.75, 3.05) is 19.5 Å². The van der Waals surface area contributed by atoms with Gasteiger partial charge in [0.25, 0.3) is 11.7 Å². The molecule has 1 amide bonds. The van der Waals surface area contributed by atoms with E-state index < -0.39 is 11.7 Å². The van der Waals surface area contributed by atoms with E-state index in [-0.39, 0.29) is 5.56 Å². The summed E-state index contributed by atoms with van der Waals surface area (Å²) < 4.78 is 10.6. The van der Waals surface area contributed by atoms with E-state index in [1.807, 2.05) is 24.3 Å². The standard InChI is InChI=1S/C22H18ClNO4/c1-27-19-12-9-15(13-20(19)28-2)17-5-3-4-6-18(17)24-22(26)21(25)14-7-10-16(23)11-8-14/h3-13H,1-2H3,(H,24,26). The van der Waals surface area contributed by atoms with Crippen LogP contribution in [0.1, 0.15) is 10.4 Å². The number of ketones is 1. The number of anilines is 1. The van der Waals surface area contributed by atoms with Crippen LogP contribution in [-0.2, 0) is 4.79 Å². The highest BCUT2D eigenvalue weighted by molar-refractivity contribution is 6.46. The first-order chi connectivity index (χ1) is 13.5. The highest BCUT2D eigenvalue weighted by Gasteiger charge is 2.18. The molecule has 0 aliphatic heterocycles. The maximum absolute atomic E-state index is 12.5. The van der Waals surface area contributed by atoms with Crippen molar-refractivity contribution in [3.63, 3.8) is 0 Å². The summed E-state index contributed by atoms with van der Waals surface area (Å²) in [5.74, 6) is -0.196. The lowest BCUT2D eigenvalue weighted by Crippen LogP contribution is -2.23. The number of Topliss-reactive ketones (excluding diaryl/α,β-unsaturated/α-hetero) is 1. The number of carbonyl (C=O) groups excluding carboxylic acids is 2. The van der Waals surface area contributed by atoms with Crippen molar-refractivity contribution in [1.29, 1.82) is 0 Å². The van der Waals surface area contributed by atoms with Crippen LogP contribution in [0.3, 0.4) is 0 Å². The molecule has 0 fully saturated rings. The summed E-state index contributed by atoms with van der Waals surface area (Å²) in [6, 6.07) is 18.8. The van der Waals surface area contributed by atoms with Crippen molar-refractivity contribution in [3.05, 3.63) is 77.3 Å². The molecule has 1 N–H and O–H groups in total. The molecule has 0 aliphatic carbocycles. The quantitative estimate of drug-likeness (QED) is 0.479. The number of methoxy groups -OCH3 is 2. The highest BCUT2D eigenvalue weighted by Crippen LogP contribution is 2.35. The van der Waals surface area contributed by atoms with Crippen molar-refractivity contribution in [1.82, 2.24) is 0 Å². The number of ether oxygens (including phenoxy) is 2. The number of halogens is 1. The van der Waals surface area contributed by atoms with E-state index in [1.54, 1.807) is 44.6 Å². The minimum Gasteiger partial charge on any atom is -0.493 e. The molecule has 3 aromatic rings. The summed E-state index contributed by atoms with van der Waals surface area (Å²) in [4.78, 5) is 24.9. The van der Waals surface area contributed by atoms with Gasteiger partial charge in [-0.05, 0) is 48.0 Å². The molecular formula is C22H18ClNO4. The van der Waals surface area contributed by atoms with E-state index in [2.05, 4.69) is 5.32 Å². The molecule has 28 heavy (non-hydrogen) atoms. The maximum Gasteiger partial charge on any atom is 0.296 e. The normalized spacial score (nSPS) is 10.2. The number of carbonyl (C=O) groups is 2. The average molecular weight is 396 g/mol. The van der Waals surface area contributed by atoms with Gasteiger partial charge in [0.15, 0.2) is 11.5 Å². The summed E-state index contributed by atoms with van der Waals surface area (Å²) in [6.07, 6.45) is 0. The topological polar surface area (TPSA) is 64.6 Å². The Balaban J connectivity index is 1.89. The summed E-state index contributed by atoms with van der Waals surface area (Å²) in [5.41, 5.74) is 2.35. The van der Waals surface area contributed by atoms with Crippen molar-refractivity contribution < 1.29 is 19.1 Å². The molecular weight excluding hydrogens is 378 g/mol. The minimum atomic E-state index is -0.727. The van der Waals surface area contributed by atoms with Crippen LogP contribution >= 0.6 is 11.6 Å². The Morgan fingerprint density at radius 2 is 1.54 bits per heavy atom. The molecule has 0 unspecified atom stereocenters. The highest BCUT2D eigenvalue weighted by atomic mass is 35.5. The third kappa shape index (κ3) is 4.15. The zero-order valence-electron chi connectivity index (χ0n) is 15.4. The SMILES string of the molecule is COc1ccc(-c2ccccc2NC(=O)C(=O)c2ccc(Cl)cc2)cc1OC. The fraction of sp³-hybridized carbons (Fsp3) is 0.0909. The smallest absolute Gasteiger partial charge is 0.296 e. The largest absolute Gasteiger partial charge is 0.493 e. The molecule has 0 saturated carbocycles.